The minimum absolute atomic E-state index is 0.109. The molecule has 1 rings (SSSR count). The maximum absolute atomic E-state index is 11.7. The maximum atomic E-state index is 11.7. The second-order valence-electron chi connectivity index (χ2n) is 4.52. The van der Waals surface area contributed by atoms with Gasteiger partial charge in [-0.1, -0.05) is 26.5 Å². The van der Waals surface area contributed by atoms with Crippen molar-refractivity contribution in [3.05, 3.63) is 35.9 Å². The topological polar surface area (TPSA) is 67.2 Å². The zero-order valence-electron chi connectivity index (χ0n) is 11.9. The lowest BCUT2D eigenvalue weighted by Crippen LogP contribution is -2.21. The Balaban J connectivity index is 3.15. The summed E-state index contributed by atoms with van der Waals surface area (Å²) < 4.78 is 0. The molecule has 0 radical (unpaired) electrons. The fourth-order valence-electron chi connectivity index (χ4n) is 1.94. The number of anilines is 1. The van der Waals surface area contributed by atoms with Crippen LogP contribution >= 0.6 is 0 Å². The molecule has 104 valence electrons. The van der Waals surface area contributed by atoms with E-state index in [-0.39, 0.29) is 5.91 Å². The molecule has 0 fully saturated rings. The number of amides is 1. The molecule has 4 nitrogen and oxygen atoms in total. The smallest absolute Gasteiger partial charge is 0.251 e. The molecule has 19 heavy (non-hydrogen) atoms. The molecule has 0 saturated carbocycles. The van der Waals surface area contributed by atoms with Crippen LogP contribution in [0.3, 0.4) is 0 Å². The van der Waals surface area contributed by atoms with Crippen molar-refractivity contribution in [2.75, 3.05) is 12.4 Å². The van der Waals surface area contributed by atoms with E-state index in [9.17, 15) is 4.79 Å². The Morgan fingerprint density at radius 2 is 2.00 bits per heavy atom. The van der Waals surface area contributed by atoms with Crippen LogP contribution in [0.25, 0.3) is 5.70 Å². The minimum Gasteiger partial charge on any atom is -0.399 e. The number of carbonyl (C=O) groups excluding carboxylic acids is 1. The van der Waals surface area contributed by atoms with Gasteiger partial charge in [0.1, 0.15) is 0 Å². The summed E-state index contributed by atoms with van der Waals surface area (Å²) in [5, 5.41) is 6.04. The van der Waals surface area contributed by atoms with Crippen molar-refractivity contribution in [1.82, 2.24) is 5.32 Å². The Morgan fingerprint density at radius 3 is 2.47 bits per heavy atom. The van der Waals surface area contributed by atoms with Crippen molar-refractivity contribution in [2.45, 2.75) is 32.7 Å². The molecule has 0 aromatic heterocycles. The van der Waals surface area contributed by atoms with Gasteiger partial charge in [-0.05, 0) is 25.0 Å². The Labute approximate surface area is 115 Å². The van der Waals surface area contributed by atoms with Crippen molar-refractivity contribution < 1.29 is 4.79 Å². The molecule has 0 bridgehead atoms. The first kappa shape index (κ1) is 15.1. The van der Waals surface area contributed by atoms with E-state index in [1.807, 2.05) is 12.1 Å². The Bertz CT molecular complexity index is 464. The average Bonchev–Trinajstić information content (AvgIpc) is 2.43. The van der Waals surface area contributed by atoms with Crippen molar-refractivity contribution >= 4 is 17.3 Å². The molecule has 0 atom stereocenters. The number of hydrogen-bond donors (Lipinski definition) is 3. The molecule has 4 heteroatoms. The molecular weight excluding hydrogens is 238 g/mol. The molecule has 0 aliphatic carbocycles. The molecule has 0 saturated heterocycles. The quantitative estimate of drug-likeness (QED) is 0.737. The zero-order valence-corrected chi connectivity index (χ0v) is 11.9. The second kappa shape index (κ2) is 6.83. The van der Waals surface area contributed by atoms with Gasteiger partial charge in [-0.3, -0.25) is 4.79 Å². The van der Waals surface area contributed by atoms with Gasteiger partial charge >= 0.3 is 0 Å². The van der Waals surface area contributed by atoms with Crippen LogP contribution in [-0.2, 0) is 0 Å². The minimum atomic E-state index is -0.109. The van der Waals surface area contributed by atoms with Crippen molar-refractivity contribution in [3.63, 3.8) is 0 Å². The van der Waals surface area contributed by atoms with E-state index < -0.39 is 0 Å². The van der Waals surface area contributed by atoms with Crippen LogP contribution in [0.2, 0.25) is 0 Å². The average molecular weight is 261 g/mol. The Hall–Kier alpha value is -1.97. The van der Waals surface area contributed by atoms with E-state index in [0.29, 0.717) is 17.3 Å². The molecule has 1 aromatic carbocycles. The van der Waals surface area contributed by atoms with E-state index in [1.165, 1.54) is 0 Å². The lowest BCUT2D eigenvalue weighted by atomic mass is 10.0. The van der Waals surface area contributed by atoms with Gasteiger partial charge in [0, 0.05) is 35.6 Å². The first-order valence-corrected chi connectivity index (χ1v) is 6.60. The Morgan fingerprint density at radius 1 is 1.37 bits per heavy atom. The highest BCUT2D eigenvalue weighted by Gasteiger charge is 2.12. The summed E-state index contributed by atoms with van der Waals surface area (Å²) in [6.45, 7) is 8.03. The zero-order chi connectivity index (χ0) is 14.4. The molecule has 1 amide bonds. The van der Waals surface area contributed by atoms with Crippen molar-refractivity contribution in [2.24, 2.45) is 5.73 Å². The molecule has 4 N–H and O–H groups in total. The number of hydrogen-bond acceptors (Lipinski definition) is 3. The van der Waals surface area contributed by atoms with Crippen molar-refractivity contribution in [3.8, 4) is 0 Å². The summed E-state index contributed by atoms with van der Waals surface area (Å²) in [6.07, 6.45) is 2.02. The first-order chi connectivity index (χ1) is 9.03. The molecule has 0 unspecified atom stereocenters. The van der Waals surface area contributed by atoms with Crippen LogP contribution in [0.4, 0.5) is 5.69 Å². The third-order valence-corrected chi connectivity index (χ3v) is 3.20. The van der Waals surface area contributed by atoms with E-state index in [4.69, 9.17) is 5.73 Å². The molecule has 0 spiro atoms. The molecule has 1 aromatic rings. The number of rotatable bonds is 6. The standard InChI is InChI=1S/C15H23N3O/c1-5-12(6-2)18-14-9-11(15(19)17-4)7-8-13(14)10(3)16/h7-9,12,18H,3,5-6,16H2,1-2,4H3,(H,17,19). The lowest BCUT2D eigenvalue weighted by Gasteiger charge is -2.20. The highest BCUT2D eigenvalue weighted by Crippen LogP contribution is 2.23. The number of nitrogens with two attached hydrogens (primary N) is 1. The fourth-order valence-corrected chi connectivity index (χ4v) is 1.94. The summed E-state index contributed by atoms with van der Waals surface area (Å²) in [5.41, 5.74) is 8.62. The molecule has 0 heterocycles. The highest BCUT2D eigenvalue weighted by molar-refractivity contribution is 5.96. The van der Waals surface area contributed by atoms with Gasteiger partial charge in [0.05, 0.1) is 0 Å². The first-order valence-electron chi connectivity index (χ1n) is 6.60. The van der Waals surface area contributed by atoms with Gasteiger partial charge in [-0.15, -0.1) is 0 Å². The van der Waals surface area contributed by atoms with Gasteiger partial charge < -0.3 is 16.4 Å². The summed E-state index contributed by atoms with van der Waals surface area (Å²) >= 11 is 0. The second-order valence-corrected chi connectivity index (χ2v) is 4.52. The predicted octanol–water partition coefficient (Wildman–Crippen LogP) is 2.58. The summed E-state index contributed by atoms with van der Waals surface area (Å²) in [7, 11) is 1.62. The third kappa shape index (κ3) is 3.74. The van der Waals surface area contributed by atoms with Crippen molar-refractivity contribution in [1.29, 1.82) is 0 Å². The molecular formula is C15H23N3O. The van der Waals surface area contributed by atoms with Gasteiger partial charge in [-0.25, -0.2) is 0 Å². The van der Waals surface area contributed by atoms with Gasteiger partial charge in [0.2, 0.25) is 0 Å². The monoisotopic (exact) mass is 261 g/mol. The van der Waals surface area contributed by atoms with Gasteiger partial charge in [0.25, 0.3) is 5.91 Å². The maximum Gasteiger partial charge on any atom is 0.251 e. The Kier molecular flexibility index (Phi) is 5.42. The molecule has 0 aliphatic rings. The van der Waals surface area contributed by atoms with Crippen LogP contribution in [0, 0.1) is 0 Å². The van der Waals surface area contributed by atoms with Crippen LogP contribution < -0.4 is 16.4 Å². The highest BCUT2D eigenvalue weighted by atomic mass is 16.1. The SMILES string of the molecule is C=C(N)c1ccc(C(=O)NC)cc1NC(CC)CC. The van der Waals surface area contributed by atoms with Crippen LogP contribution in [0.5, 0.6) is 0 Å². The van der Waals surface area contributed by atoms with Crippen LogP contribution in [0.1, 0.15) is 42.6 Å². The number of nitrogens with one attached hydrogen (secondary N) is 2. The van der Waals surface area contributed by atoms with E-state index in [0.717, 1.165) is 24.1 Å². The van der Waals surface area contributed by atoms with E-state index >= 15 is 0 Å². The normalized spacial score (nSPS) is 10.3. The summed E-state index contributed by atoms with van der Waals surface area (Å²) in [5.74, 6) is -0.109. The predicted molar refractivity (Wildman–Crippen MR) is 81.0 cm³/mol. The van der Waals surface area contributed by atoms with Crippen LogP contribution in [-0.4, -0.2) is 19.0 Å². The summed E-state index contributed by atoms with van der Waals surface area (Å²) in [6, 6.07) is 5.77. The van der Waals surface area contributed by atoms with E-state index in [1.54, 1.807) is 13.1 Å². The molecule has 0 aliphatic heterocycles. The van der Waals surface area contributed by atoms with Crippen LogP contribution in [0.15, 0.2) is 24.8 Å². The fraction of sp³-hybridized carbons (Fsp3) is 0.400. The number of carbonyl (C=O) groups is 1. The largest absolute Gasteiger partial charge is 0.399 e. The number of benzene rings is 1. The van der Waals surface area contributed by atoms with E-state index in [2.05, 4.69) is 31.1 Å². The van der Waals surface area contributed by atoms with Gasteiger partial charge in [-0.2, -0.15) is 0 Å². The summed E-state index contributed by atoms with van der Waals surface area (Å²) in [4.78, 5) is 11.7. The lowest BCUT2D eigenvalue weighted by molar-refractivity contribution is 0.0963. The van der Waals surface area contributed by atoms with Gasteiger partial charge in [0.15, 0.2) is 0 Å². The third-order valence-electron chi connectivity index (χ3n) is 3.20.